The zero-order valence-corrected chi connectivity index (χ0v) is 10.7. The molecule has 1 saturated heterocycles. The lowest BCUT2D eigenvalue weighted by molar-refractivity contribution is -0.134. The molecule has 0 aromatic heterocycles. The molecule has 0 saturated carbocycles. The van der Waals surface area contributed by atoms with E-state index in [9.17, 15) is 4.79 Å². The molecule has 1 aliphatic heterocycles. The fraction of sp³-hybridized carbons (Fsp3) is 0.909. The summed E-state index contributed by atoms with van der Waals surface area (Å²) in [5.41, 5.74) is 0. The van der Waals surface area contributed by atoms with Gasteiger partial charge in [0, 0.05) is 24.3 Å². The fourth-order valence-electron chi connectivity index (χ4n) is 1.91. The Hall–Kier alpha value is -0.0500. The van der Waals surface area contributed by atoms with Gasteiger partial charge in [-0.25, -0.2) is 0 Å². The number of likely N-dealkylation sites (tertiary alicyclic amines) is 1. The highest BCUT2D eigenvalue weighted by atomic mass is 79.9. The molecule has 82 valence electrons. The van der Waals surface area contributed by atoms with Gasteiger partial charge in [-0.05, 0) is 25.2 Å². The molecular formula is C11H20BrNO. The van der Waals surface area contributed by atoms with Gasteiger partial charge in [0.25, 0.3) is 0 Å². The summed E-state index contributed by atoms with van der Waals surface area (Å²) in [7, 11) is 0. The minimum absolute atomic E-state index is 0.206. The molecule has 0 N–H and O–H groups in total. The van der Waals surface area contributed by atoms with Gasteiger partial charge >= 0.3 is 0 Å². The molecule has 1 rings (SSSR count). The number of amides is 1. The Morgan fingerprint density at radius 1 is 1.64 bits per heavy atom. The van der Waals surface area contributed by atoms with Crippen LogP contribution in [-0.4, -0.2) is 29.2 Å². The normalized spacial score (nSPS) is 23.9. The van der Waals surface area contributed by atoms with Crippen molar-refractivity contribution >= 4 is 21.8 Å². The zero-order valence-electron chi connectivity index (χ0n) is 9.13. The van der Waals surface area contributed by atoms with Gasteiger partial charge in [0.1, 0.15) is 0 Å². The lowest BCUT2D eigenvalue weighted by Gasteiger charge is -2.20. The van der Waals surface area contributed by atoms with E-state index in [0.717, 1.165) is 30.8 Å². The Morgan fingerprint density at radius 3 is 2.93 bits per heavy atom. The molecule has 2 atom stereocenters. The number of hydrogen-bond acceptors (Lipinski definition) is 1. The number of halogens is 1. The van der Waals surface area contributed by atoms with Crippen LogP contribution in [-0.2, 0) is 4.79 Å². The number of alkyl halides is 1. The highest BCUT2D eigenvalue weighted by Crippen LogP contribution is 2.22. The molecular weight excluding hydrogens is 242 g/mol. The predicted octanol–water partition coefficient (Wildman–Crippen LogP) is 2.67. The van der Waals surface area contributed by atoms with Crippen LogP contribution in [0.25, 0.3) is 0 Å². The van der Waals surface area contributed by atoms with Crippen molar-refractivity contribution in [3.05, 3.63) is 0 Å². The minimum Gasteiger partial charge on any atom is -0.342 e. The number of nitrogens with zero attached hydrogens (tertiary/aromatic N) is 1. The van der Waals surface area contributed by atoms with E-state index < -0.39 is 0 Å². The lowest BCUT2D eigenvalue weighted by atomic mass is 10.1. The van der Waals surface area contributed by atoms with Crippen LogP contribution >= 0.6 is 15.9 Å². The molecule has 1 fully saturated rings. The van der Waals surface area contributed by atoms with Crippen LogP contribution in [0.2, 0.25) is 0 Å². The van der Waals surface area contributed by atoms with Crippen molar-refractivity contribution in [3.8, 4) is 0 Å². The minimum atomic E-state index is 0.206. The van der Waals surface area contributed by atoms with Crippen molar-refractivity contribution in [2.75, 3.05) is 18.4 Å². The first-order chi connectivity index (χ1) is 6.69. The van der Waals surface area contributed by atoms with Gasteiger partial charge in [-0.1, -0.05) is 29.8 Å². The van der Waals surface area contributed by atoms with Crippen LogP contribution < -0.4 is 0 Å². The van der Waals surface area contributed by atoms with Crippen molar-refractivity contribution in [2.45, 2.75) is 33.1 Å². The first kappa shape index (κ1) is 12.0. The predicted molar refractivity (Wildman–Crippen MR) is 62.6 cm³/mol. The van der Waals surface area contributed by atoms with E-state index in [1.54, 1.807) is 0 Å². The lowest BCUT2D eigenvalue weighted by Crippen LogP contribution is -2.33. The van der Waals surface area contributed by atoms with Crippen molar-refractivity contribution in [3.63, 3.8) is 0 Å². The Kier molecular flexibility index (Phi) is 4.93. The monoisotopic (exact) mass is 261 g/mol. The second kappa shape index (κ2) is 5.74. The second-order valence-electron chi connectivity index (χ2n) is 4.23. The summed E-state index contributed by atoms with van der Waals surface area (Å²) in [4.78, 5) is 13.9. The zero-order chi connectivity index (χ0) is 10.6. The summed E-state index contributed by atoms with van der Waals surface area (Å²) in [6.07, 6.45) is 3.34. The molecule has 0 radical (unpaired) electrons. The first-order valence-electron chi connectivity index (χ1n) is 5.53. The topological polar surface area (TPSA) is 20.3 Å². The molecule has 14 heavy (non-hydrogen) atoms. The third-order valence-corrected chi connectivity index (χ3v) is 3.61. The fourth-order valence-corrected chi connectivity index (χ4v) is 2.56. The average molecular weight is 262 g/mol. The van der Waals surface area contributed by atoms with Crippen LogP contribution in [0.5, 0.6) is 0 Å². The molecule has 1 aliphatic rings. The Bertz CT molecular complexity index is 196. The Labute approximate surface area is 95.2 Å². The van der Waals surface area contributed by atoms with Crippen LogP contribution in [0.4, 0.5) is 0 Å². The van der Waals surface area contributed by atoms with E-state index in [4.69, 9.17) is 0 Å². The number of carbonyl (C=O) groups excluding carboxylic acids is 1. The first-order valence-corrected chi connectivity index (χ1v) is 6.66. The molecule has 0 aromatic rings. The van der Waals surface area contributed by atoms with Gasteiger partial charge in [0.2, 0.25) is 5.91 Å². The number of carbonyl (C=O) groups is 1. The molecule has 0 aliphatic carbocycles. The van der Waals surface area contributed by atoms with Crippen molar-refractivity contribution in [2.24, 2.45) is 11.8 Å². The van der Waals surface area contributed by atoms with Crippen LogP contribution in [0.15, 0.2) is 0 Å². The van der Waals surface area contributed by atoms with Gasteiger partial charge in [-0.2, -0.15) is 0 Å². The van der Waals surface area contributed by atoms with Gasteiger partial charge < -0.3 is 4.90 Å². The Morgan fingerprint density at radius 2 is 2.36 bits per heavy atom. The van der Waals surface area contributed by atoms with Gasteiger partial charge in [-0.15, -0.1) is 0 Å². The maximum atomic E-state index is 11.8. The molecule has 1 heterocycles. The van der Waals surface area contributed by atoms with E-state index in [0.29, 0.717) is 5.91 Å². The van der Waals surface area contributed by atoms with Crippen LogP contribution in [0.3, 0.4) is 0 Å². The molecule has 3 heteroatoms. The van der Waals surface area contributed by atoms with Gasteiger partial charge in [0.05, 0.1) is 0 Å². The largest absolute Gasteiger partial charge is 0.342 e. The third-order valence-electron chi connectivity index (χ3n) is 3.15. The summed E-state index contributed by atoms with van der Waals surface area (Å²) in [5, 5.41) is 1.06. The van der Waals surface area contributed by atoms with Gasteiger partial charge in [0.15, 0.2) is 0 Å². The molecule has 2 unspecified atom stereocenters. The van der Waals surface area contributed by atoms with E-state index >= 15 is 0 Å². The summed E-state index contributed by atoms with van der Waals surface area (Å²) < 4.78 is 0. The molecule has 1 amide bonds. The summed E-state index contributed by atoms with van der Waals surface area (Å²) >= 11 is 3.46. The number of hydrogen-bond donors (Lipinski definition) is 0. The maximum Gasteiger partial charge on any atom is 0.225 e. The van der Waals surface area contributed by atoms with E-state index in [1.165, 1.54) is 12.8 Å². The molecule has 0 bridgehead atoms. The van der Waals surface area contributed by atoms with Crippen molar-refractivity contribution in [1.29, 1.82) is 0 Å². The molecule has 0 spiro atoms. The highest BCUT2D eigenvalue weighted by molar-refractivity contribution is 9.09. The van der Waals surface area contributed by atoms with Crippen molar-refractivity contribution < 1.29 is 4.79 Å². The highest BCUT2D eigenvalue weighted by Gasteiger charge is 2.27. The average Bonchev–Trinajstić information content (AvgIpc) is 2.64. The summed E-state index contributed by atoms with van der Waals surface area (Å²) in [6.45, 7) is 6.06. The number of rotatable bonds is 4. The SMILES string of the molecule is CCC(C)C(=O)N1CCC(CCBr)C1. The summed E-state index contributed by atoms with van der Waals surface area (Å²) in [6, 6.07) is 0. The van der Waals surface area contributed by atoms with Crippen molar-refractivity contribution in [1.82, 2.24) is 4.90 Å². The van der Waals surface area contributed by atoms with Crippen LogP contribution in [0, 0.1) is 11.8 Å². The molecule has 0 aromatic carbocycles. The maximum absolute atomic E-state index is 11.8. The van der Waals surface area contributed by atoms with E-state index in [-0.39, 0.29) is 5.92 Å². The quantitative estimate of drug-likeness (QED) is 0.713. The smallest absolute Gasteiger partial charge is 0.225 e. The third kappa shape index (κ3) is 2.97. The second-order valence-corrected chi connectivity index (χ2v) is 5.02. The molecule has 2 nitrogen and oxygen atoms in total. The van der Waals surface area contributed by atoms with Crippen LogP contribution in [0.1, 0.15) is 33.1 Å². The van der Waals surface area contributed by atoms with E-state index in [1.807, 2.05) is 11.8 Å². The Balaban J connectivity index is 2.37. The van der Waals surface area contributed by atoms with E-state index in [2.05, 4.69) is 22.9 Å². The standard InChI is InChI=1S/C11H20BrNO/c1-3-9(2)11(14)13-7-5-10(8-13)4-6-12/h9-10H,3-8H2,1-2H3. The summed E-state index contributed by atoms with van der Waals surface area (Å²) in [5.74, 6) is 1.28. The van der Waals surface area contributed by atoms with Gasteiger partial charge in [-0.3, -0.25) is 4.79 Å².